The van der Waals surface area contributed by atoms with E-state index in [1.54, 1.807) is 6.92 Å². The lowest BCUT2D eigenvalue weighted by Crippen LogP contribution is -2.41. The highest BCUT2D eigenvalue weighted by atomic mass is 16.5. The minimum Gasteiger partial charge on any atom is -0.480 e. The van der Waals surface area contributed by atoms with Crippen LogP contribution in [-0.4, -0.2) is 33.2 Å². The van der Waals surface area contributed by atoms with Crippen LogP contribution < -0.4 is 5.32 Å². The zero-order valence-corrected chi connectivity index (χ0v) is 10.8. The molecule has 1 aromatic rings. The van der Waals surface area contributed by atoms with Gasteiger partial charge in [0, 0.05) is 12.8 Å². The maximum Gasteiger partial charge on any atom is 0.326 e. The summed E-state index contributed by atoms with van der Waals surface area (Å²) >= 11 is 0. The molecule has 0 radical (unpaired) electrons. The Hall–Kier alpha value is -1.92. The van der Waals surface area contributed by atoms with Gasteiger partial charge in [-0.2, -0.15) is 4.98 Å². The van der Waals surface area contributed by atoms with Gasteiger partial charge in [0.2, 0.25) is 11.8 Å². The smallest absolute Gasteiger partial charge is 0.326 e. The number of nitrogens with zero attached hydrogens (tertiary/aromatic N) is 2. The number of carbonyl (C=O) groups excluding carboxylic acids is 1. The molecule has 0 aliphatic heterocycles. The molecule has 1 unspecified atom stereocenters. The van der Waals surface area contributed by atoms with Gasteiger partial charge in [0.05, 0.1) is 0 Å². The van der Waals surface area contributed by atoms with Crippen LogP contribution in [0.4, 0.5) is 0 Å². The summed E-state index contributed by atoms with van der Waals surface area (Å²) in [4.78, 5) is 26.7. The Bertz CT molecular complexity index is 467. The predicted molar refractivity (Wildman–Crippen MR) is 64.3 cm³/mol. The highest BCUT2D eigenvalue weighted by molar-refractivity contribution is 5.83. The van der Waals surface area contributed by atoms with Crippen molar-refractivity contribution in [3.63, 3.8) is 0 Å². The van der Waals surface area contributed by atoms with Crippen molar-refractivity contribution in [2.45, 2.75) is 45.1 Å². The monoisotopic (exact) mass is 267 g/mol. The maximum absolute atomic E-state index is 11.7. The molecule has 0 aromatic carbocycles. The average molecular weight is 267 g/mol. The standard InChI is InChI=1S/C12H17N3O4/c1-7-13-11(19-15-7)5-4-10(16)14-9(12(17)18)6-8-2-3-8/h8-9H,2-6H2,1H3,(H,14,16)(H,17,18). The molecule has 7 nitrogen and oxygen atoms in total. The van der Waals surface area contributed by atoms with Gasteiger partial charge in [-0.3, -0.25) is 4.79 Å². The third-order valence-corrected chi connectivity index (χ3v) is 3.03. The summed E-state index contributed by atoms with van der Waals surface area (Å²) in [6, 6.07) is -0.788. The van der Waals surface area contributed by atoms with Crippen molar-refractivity contribution in [3.8, 4) is 0 Å². The van der Waals surface area contributed by atoms with E-state index in [1.165, 1.54) is 0 Å². The van der Waals surface area contributed by atoms with Crippen molar-refractivity contribution >= 4 is 11.9 Å². The van der Waals surface area contributed by atoms with Gasteiger partial charge in [-0.15, -0.1) is 0 Å². The molecule has 1 aromatic heterocycles. The summed E-state index contributed by atoms with van der Waals surface area (Å²) in [5, 5.41) is 15.2. The highest BCUT2D eigenvalue weighted by Crippen LogP contribution is 2.33. The van der Waals surface area contributed by atoms with Gasteiger partial charge in [0.25, 0.3) is 0 Å². The topological polar surface area (TPSA) is 105 Å². The number of hydrogen-bond donors (Lipinski definition) is 2. The molecule has 1 fully saturated rings. The number of amides is 1. The Balaban J connectivity index is 1.76. The molecule has 1 amide bonds. The summed E-state index contributed by atoms with van der Waals surface area (Å²) in [6.07, 6.45) is 3.10. The molecule has 0 saturated heterocycles. The number of aromatic nitrogens is 2. The number of carboxylic acid groups (broad SMARTS) is 1. The number of rotatable bonds is 7. The first-order chi connectivity index (χ1) is 9.04. The lowest BCUT2D eigenvalue weighted by molar-refractivity contribution is -0.142. The van der Waals surface area contributed by atoms with E-state index in [0.29, 0.717) is 30.5 Å². The Morgan fingerprint density at radius 3 is 2.79 bits per heavy atom. The summed E-state index contributed by atoms with van der Waals surface area (Å²) < 4.78 is 4.88. The molecular weight excluding hydrogens is 250 g/mol. The molecule has 0 bridgehead atoms. The van der Waals surface area contributed by atoms with E-state index in [2.05, 4.69) is 15.5 Å². The van der Waals surface area contributed by atoms with Crippen molar-refractivity contribution in [2.75, 3.05) is 0 Å². The third-order valence-electron chi connectivity index (χ3n) is 3.03. The van der Waals surface area contributed by atoms with E-state index in [9.17, 15) is 9.59 Å². The molecular formula is C12H17N3O4. The van der Waals surface area contributed by atoms with Crippen molar-refractivity contribution in [1.82, 2.24) is 15.5 Å². The molecule has 1 saturated carbocycles. The van der Waals surface area contributed by atoms with Gasteiger partial charge in [-0.25, -0.2) is 4.79 Å². The van der Waals surface area contributed by atoms with Crippen molar-refractivity contribution in [1.29, 1.82) is 0 Å². The predicted octanol–water partition coefficient (Wildman–Crippen LogP) is 0.680. The first-order valence-electron chi connectivity index (χ1n) is 6.36. The summed E-state index contributed by atoms with van der Waals surface area (Å²) in [7, 11) is 0. The normalized spacial score (nSPS) is 16.1. The molecule has 1 aliphatic carbocycles. The van der Waals surface area contributed by atoms with Gasteiger partial charge >= 0.3 is 5.97 Å². The molecule has 2 N–H and O–H groups in total. The number of aliphatic carboxylic acids is 1. The number of nitrogens with one attached hydrogen (secondary N) is 1. The highest BCUT2D eigenvalue weighted by Gasteiger charge is 2.30. The number of aryl methyl sites for hydroxylation is 2. The van der Waals surface area contributed by atoms with Gasteiger partial charge in [0.15, 0.2) is 5.82 Å². The number of carboxylic acids is 1. The van der Waals surface area contributed by atoms with Crippen LogP contribution >= 0.6 is 0 Å². The lowest BCUT2D eigenvalue weighted by atomic mass is 10.1. The van der Waals surface area contributed by atoms with Gasteiger partial charge < -0.3 is 14.9 Å². The lowest BCUT2D eigenvalue weighted by Gasteiger charge is -2.13. The van der Waals surface area contributed by atoms with E-state index in [0.717, 1.165) is 12.8 Å². The van der Waals surface area contributed by atoms with Crippen LogP contribution in [0.25, 0.3) is 0 Å². The molecule has 2 rings (SSSR count). The Morgan fingerprint density at radius 2 is 2.26 bits per heavy atom. The number of carbonyl (C=O) groups is 2. The molecule has 1 heterocycles. The van der Waals surface area contributed by atoms with Crippen LogP contribution in [0.1, 0.15) is 37.4 Å². The zero-order chi connectivity index (χ0) is 13.8. The van der Waals surface area contributed by atoms with Crippen LogP contribution in [0.2, 0.25) is 0 Å². The van der Waals surface area contributed by atoms with Crippen molar-refractivity contribution < 1.29 is 19.2 Å². The minimum atomic E-state index is -0.978. The molecule has 104 valence electrons. The van der Waals surface area contributed by atoms with Crippen LogP contribution in [0.3, 0.4) is 0 Å². The molecule has 19 heavy (non-hydrogen) atoms. The van der Waals surface area contributed by atoms with Crippen LogP contribution in [0.5, 0.6) is 0 Å². The zero-order valence-electron chi connectivity index (χ0n) is 10.8. The summed E-state index contributed by atoms with van der Waals surface area (Å²) in [5.41, 5.74) is 0. The second-order valence-corrected chi connectivity index (χ2v) is 4.87. The minimum absolute atomic E-state index is 0.149. The van der Waals surface area contributed by atoms with E-state index in [4.69, 9.17) is 9.63 Å². The Kier molecular flexibility index (Phi) is 4.13. The van der Waals surface area contributed by atoms with E-state index < -0.39 is 12.0 Å². The van der Waals surface area contributed by atoms with E-state index in [1.807, 2.05) is 0 Å². The first-order valence-corrected chi connectivity index (χ1v) is 6.36. The van der Waals surface area contributed by atoms with Crippen molar-refractivity contribution in [2.24, 2.45) is 5.92 Å². The van der Waals surface area contributed by atoms with Crippen LogP contribution in [0.15, 0.2) is 4.52 Å². The maximum atomic E-state index is 11.7. The van der Waals surface area contributed by atoms with Crippen molar-refractivity contribution in [3.05, 3.63) is 11.7 Å². The van der Waals surface area contributed by atoms with Gasteiger partial charge in [-0.05, 0) is 19.3 Å². The Labute approximate surface area is 110 Å². The molecule has 1 atom stereocenters. The fourth-order valence-electron chi connectivity index (χ4n) is 1.84. The third kappa shape index (κ3) is 4.35. The fraction of sp³-hybridized carbons (Fsp3) is 0.667. The Morgan fingerprint density at radius 1 is 1.53 bits per heavy atom. The summed E-state index contributed by atoms with van der Waals surface area (Å²) in [5.74, 6) is 0.0760. The molecule has 1 aliphatic rings. The average Bonchev–Trinajstić information content (AvgIpc) is 3.07. The van der Waals surface area contributed by atoms with Crippen LogP contribution in [-0.2, 0) is 16.0 Å². The SMILES string of the molecule is Cc1noc(CCC(=O)NC(CC2CC2)C(=O)O)n1. The fourth-order valence-corrected chi connectivity index (χ4v) is 1.84. The molecule has 0 spiro atoms. The largest absolute Gasteiger partial charge is 0.480 e. The first kappa shape index (κ1) is 13.5. The quantitative estimate of drug-likeness (QED) is 0.752. The molecule has 7 heteroatoms. The summed E-state index contributed by atoms with van der Waals surface area (Å²) in [6.45, 7) is 1.70. The second kappa shape index (κ2) is 5.81. The van der Waals surface area contributed by atoms with E-state index >= 15 is 0 Å². The second-order valence-electron chi connectivity index (χ2n) is 4.87. The number of hydrogen-bond acceptors (Lipinski definition) is 5. The van der Waals surface area contributed by atoms with E-state index in [-0.39, 0.29) is 12.3 Å². The van der Waals surface area contributed by atoms with Gasteiger partial charge in [0.1, 0.15) is 6.04 Å². The van der Waals surface area contributed by atoms with Gasteiger partial charge in [-0.1, -0.05) is 18.0 Å². The van der Waals surface area contributed by atoms with Crippen LogP contribution in [0, 0.1) is 12.8 Å².